The molecule has 1 aromatic heterocycles. The minimum absolute atomic E-state index is 0.0629. The van der Waals surface area contributed by atoms with Gasteiger partial charge < -0.3 is 19.5 Å². The van der Waals surface area contributed by atoms with Crippen LogP contribution >= 0.6 is 0 Å². The maximum atomic E-state index is 12.2. The number of carbonyl (C=O) groups excluding carboxylic acids is 1. The molecule has 9 nitrogen and oxygen atoms in total. The Bertz CT molecular complexity index is 679. The maximum absolute atomic E-state index is 12.2. The highest BCUT2D eigenvalue weighted by Gasteiger charge is 2.25. The molecule has 0 atom stereocenters. The smallest absolute Gasteiger partial charge is 0.289 e. The fourth-order valence-corrected chi connectivity index (χ4v) is 3.11. The molecule has 2 rings (SSSR count). The van der Waals surface area contributed by atoms with E-state index in [2.05, 4.69) is 15.0 Å². The molecule has 25 heavy (non-hydrogen) atoms. The zero-order chi connectivity index (χ0) is 18.3. The van der Waals surface area contributed by atoms with Gasteiger partial charge in [0.25, 0.3) is 5.91 Å². The van der Waals surface area contributed by atoms with E-state index in [-0.39, 0.29) is 11.7 Å². The number of hydrogen-bond donors (Lipinski definition) is 2. The third-order valence-electron chi connectivity index (χ3n) is 3.92. The minimum atomic E-state index is -3.18. The molecular weight excluding hydrogens is 346 g/mol. The topological polar surface area (TPSA) is 107 Å². The van der Waals surface area contributed by atoms with Gasteiger partial charge in [0.2, 0.25) is 10.0 Å². The van der Waals surface area contributed by atoms with Crippen molar-refractivity contribution in [1.29, 1.82) is 0 Å². The second-order valence-electron chi connectivity index (χ2n) is 5.53. The Morgan fingerprint density at radius 2 is 1.92 bits per heavy atom. The summed E-state index contributed by atoms with van der Waals surface area (Å²) in [7, 11) is -1.50. The fraction of sp³-hybridized carbons (Fsp3) is 0.600. The predicted molar refractivity (Wildman–Crippen MR) is 95.0 cm³/mol. The molecule has 0 aliphatic carbocycles. The van der Waals surface area contributed by atoms with Crippen LogP contribution in [0.15, 0.2) is 27.8 Å². The molecule has 0 radical (unpaired) electrons. The first-order valence-electron chi connectivity index (χ1n) is 8.22. The van der Waals surface area contributed by atoms with E-state index in [1.54, 1.807) is 31.0 Å². The summed E-state index contributed by atoms with van der Waals surface area (Å²) in [5, 5.41) is 3.13. The van der Waals surface area contributed by atoms with E-state index in [0.29, 0.717) is 51.0 Å². The highest BCUT2D eigenvalue weighted by Crippen LogP contribution is 2.09. The van der Waals surface area contributed by atoms with Crippen molar-refractivity contribution >= 4 is 21.9 Å². The maximum Gasteiger partial charge on any atom is 0.289 e. The van der Waals surface area contributed by atoms with Gasteiger partial charge in [-0.15, -0.1) is 0 Å². The van der Waals surface area contributed by atoms with Gasteiger partial charge in [-0.1, -0.05) is 0 Å². The normalized spacial score (nSPS) is 16.2. The number of nitrogens with zero attached hydrogens (tertiary/aromatic N) is 3. The molecule has 2 heterocycles. The molecule has 1 amide bonds. The van der Waals surface area contributed by atoms with E-state index in [1.807, 2.05) is 4.90 Å². The molecule has 1 aliphatic heterocycles. The lowest BCUT2D eigenvalue weighted by molar-refractivity contribution is 0.0658. The summed E-state index contributed by atoms with van der Waals surface area (Å²) in [6.07, 6.45) is 1.49. The van der Waals surface area contributed by atoms with Crippen LogP contribution in [0.1, 0.15) is 17.5 Å². The quantitative estimate of drug-likeness (QED) is 0.399. The molecule has 0 saturated carbocycles. The van der Waals surface area contributed by atoms with Gasteiger partial charge in [0, 0.05) is 46.3 Å². The zero-order valence-electron chi connectivity index (χ0n) is 14.6. The molecule has 140 valence electrons. The van der Waals surface area contributed by atoms with Crippen molar-refractivity contribution in [3.8, 4) is 0 Å². The Morgan fingerprint density at radius 1 is 1.24 bits per heavy atom. The van der Waals surface area contributed by atoms with Crippen molar-refractivity contribution in [2.24, 2.45) is 4.99 Å². The van der Waals surface area contributed by atoms with Crippen LogP contribution in [-0.4, -0.2) is 82.2 Å². The SMILES string of the molecule is CCS(=O)(=O)NCCNC(=NC)N1CCN(C(=O)c2ccco2)CC1. The molecule has 1 saturated heterocycles. The lowest BCUT2D eigenvalue weighted by Gasteiger charge is -2.36. The molecule has 0 bridgehead atoms. The van der Waals surface area contributed by atoms with Gasteiger partial charge in [-0.3, -0.25) is 9.79 Å². The molecule has 1 aromatic rings. The van der Waals surface area contributed by atoms with Crippen molar-refractivity contribution < 1.29 is 17.6 Å². The molecule has 1 aliphatic rings. The molecule has 0 spiro atoms. The Hall–Kier alpha value is -2.07. The molecule has 2 N–H and O–H groups in total. The fourth-order valence-electron chi connectivity index (χ4n) is 2.49. The van der Waals surface area contributed by atoms with Crippen LogP contribution in [0.4, 0.5) is 0 Å². The van der Waals surface area contributed by atoms with Crippen LogP contribution in [0.25, 0.3) is 0 Å². The predicted octanol–water partition coefficient (Wildman–Crippen LogP) is -0.448. The average molecular weight is 371 g/mol. The largest absolute Gasteiger partial charge is 0.459 e. The number of amides is 1. The second-order valence-corrected chi connectivity index (χ2v) is 7.62. The summed E-state index contributed by atoms with van der Waals surface area (Å²) in [6, 6.07) is 3.36. The van der Waals surface area contributed by atoms with E-state index >= 15 is 0 Å². The van der Waals surface area contributed by atoms with Gasteiger partial charge in [0.15, 0.2) is 11.7 Å². The summed E-state index contributed by atoms with van der Waals surface area (Å²) in [4.78, 5) is 20.3. The molecule has 1 fully saturated rings. The van der Waals surface area contributed by atoms with E-state index in [0.717, 1.165) is 0 Å². The number of rotatable bonds is 6. The standard InChI is InChI=1S/C15H25N5O4S/c1-3-25(22,23)18-7-6-17-15(16-2)20-10-8-19(9-11-20)14(21)13-5-4-12-24-13/h4-5,12,18H,3,6-11H2,1-2H3,(H,16,17). The van der Waals surface area contributed by atoms with Gasteiger partial charge in [0.1, 0.15) is 0 Å². The Morgan fingerprint density at radius 3 is 2.48 bits per heavy atom. The third-order valence-corrected chi connectivity index (χ3v) is 5.32. The van der Waals surface area contributed by atoms with Gasteiger partial charge in [-0.2, -0.15) is 0 Å². The summed E-state index contributed by atoms with van der Waals surface area (Å²) < 4.78 is 30.4. The van der Waals surface area contributed by atoms with Crippen molar-refractivity contribution in [2.75, 3.05) is 52.1 Å². The van der Waals surface area contributed by atoms with E-state index in [1.165, 1.54) is 6.26 Å². The minimum Gasteiger partial charge on any atom is -0.459 e. The van der Waals surface area contributed by atoms with E-state index < -0.39 is 10.0 Å². The van der Waals surface area contributed by atoms with Crippen molar-refractivity contribution in [1.82, 2.24) is 19.8 Å². The van der Waals surface area contributed by atoms with Crippen LogP contribution in [0.3, 0.4) is 0 Å². The van der Waals surface area contributed by atoms with Crippen LogP contribution in [0.2, 0.25) is 0 Å². The van der Waals surface area contributed by atoms with Gasteiger partial charge in [0.05, 0.1) is 12.0 Å². The van der Waals surface area contributed by atoms with E-state index in [4.69, 9.17) is 4.42 Å². The lowest BCUT2D eigenvalue weighted by atomic mass is 10.3. The number of piperazine rings is 1. The zero-order valence-corrected chi connectivity index (χ0v) is 15.4. The van der Waals surface area contributed by atoms with Crippen LogP contribution < -0.4 is 10.0 Å². The molecule has 0 aromatic carbocycles. The second kappa shape index (κ2) is 8.86. The summed E-state index contributed by atoms with van der Waals surface area (Å²) in [5.74, 6) is 0.995. The van der Waals surface area contributed by atoms with Crippen LogP contribution in [0.5, 0.6) is 0 Å². The van der Waals surface area contributed by atoms with E-state index in [9.17, 15) is 13.2 Å². The van der Waals surface area contributed by atoms with Crippen molar-refractivity contribution in [3.63, 3.8) is 0 Å². The first kappa shape index (κ1) is 19.3. The number of nitrogens with one attached hydrogen (secondary N) is 2. The van der Waals surface area contributed by atoms with Gasteiger partial charge in [-0.25, -0.2) is 13.1 Å². The lowest BCUT2D eigenvalue weighted by Crippen LogP contribution is -2.54. The number of guanidine groups is 1. The van der Waals surface area contributed by atoms with Crippen LogP contribution in [-0.2, 0) is 10.0 Å². The summed E-state index contributed by atoms with van der Waals surface area (Å²) in [5.41, 5.74) is 0. The monoisotopic (exact) mass is 371 g/mol. The molecular formula is C15H25N5O4S. The first-order valence-corrected chi connectivity index (χ1v) is 9.87. The Labute approximate surface area is 148 Å². The summed E-state index contributed by atoms with van der Waals surface area (Å²) in [6.45, 7) is 4.77. The third kappa shape index (κ3) is 5.46. The van der Waals surface area contributed by atoms with Gasteiger partial charge >= 0.3 is 0 Å². The highest BCUT2D eigenvalue weighted by molar-refractivity contribution is 7.89. The number of aliphatic imine (C=N–C) groups is 1. The average Bonchev–Trinajstić information content (AvgIpc) is 3.16. The van der Waals surface area contributed by atoms with Crippen LogP contribution in [0, 0.1) is 0 Å². The number of sulfonamides is 1. The highest BCUT2D eigenvalue weighted by atomic mass is 32.2. The Balaban J connectivity index is 1.77. The summed E-state index contributed by atoms with van der Waals surface area (Å²) >= 11 is 0. The number of carbonyl (C=O) groups is 1. The Kier molecular flexibility index (Phi) is 6.82. The number of furan rings is 1. The first-order chi connectivity index (χ1) is 12.0. The molecule has 10 heteroatoms. The number of hydrogen-bond acceptors (Lipinski definition) is 5. The van der Waals surface area contributed by atoms with Gasteiger partial charge in [-0.05, 0) is 19.1 Å². The van der Waals surface area contributed by atoms with Crippen molar-refractivity contribution in [2.45, 2.75) is 6.92 Å². The molecule has 0 unspecified atom stereocenters. The van der Waals surface area contributed by atoms with Crippen molar-refractivity contribution in [3.05, 3.63) is 24.2 Å².